The van der Waals surface area contributed by atoms with Crippen LogP contribution in [0.2, 0.25) is 0 Å². The van der Waals surface area contributed by atoms with E-state index in [9.17, 15) is 0 Å². The standard InChI is InChI=1S/C13H25N5O/c1-6-19-13-17-11(14)16-12(18-13)15-7-10(8(2)3)9(4)5/h8-10H,6-7H2,1-5H3,(H3,14,15,16,17,18). The Bertz CT molecular complexity index is 387. The number of nitrogen functional groups attached to an aromatic ring is 1. The van der Waals surface area contributed by atoms with Crippen LogP contribution in [0.3, 0.4) is 0 Å². The minimum Gasteiger partial charge on any atom is -0.464 e. The first kappa shape index (κ1) is 15.5. The van der Waals surface area contributed by atoms with Gasteiger partial charge >= 0.3 is 6.01 Å². The molecule has 0 aliphatic rings. The second-order valence-electron chi connectivity index (χ2n) is 5.27. The maximum Gasteiger partial charge on any atom is 0.323 e. The molecule has 6 nitrogen and oxygen atoms in total. The van der Waals surface area contributed by atoms with Crippen LogP contribution in [-0.2, 0) is 0 Å². The molecule has 0 aliphatic heterocycles. The van der Waals surface area contributed by atoms with Gasteiger partial charge in [0.2, 0.25) is 11.9 Å². The van der Waals surface area contributed by atoms with Crippen LogP contribution in [-0.4, -0.2) is 28.1 Å². The van der Waals surface area contributed by atoms with Gasteiger partial charge in [-0.2, -0.15) is 15.0 Å². The van der Waals surface area contributed by atoms with Crippen LogP contribution in [0.4, 0.5) is 11.9 Å². The Kier molecular flexibility index (Phi) is 5.79. The fourth-order valence-corrected chi connectivity index (χ4v) is 2.10. The van der Waals surface area contributed by atoms with Crippen LogP contribution in [0, 0.1) is 17.8 Å². The largest absolute Gasteiger partial charge is 0.464 e. The van der Waals surface area contributed by atoms with Crippen LogP contribution >= 0.6 is 0 Å². The first-order valence-electron chi connectivity index (χ1n) is 6.82. The lowest BCUT2D eigenvalue weighted by atomic mass is 9.85. The Hall–Kier alpha value is -1.59. The number of hydrogen-bond acceptors (Lipinski definition) is 6. The summed E-state index contributed by atoms with van der Waals surface area (Å²) in [5, 5.41) is 3.22. The van der Waals surface area contributed by atoms with Gasteiger partial charge in [-0.15, -0.1) is 0 Å². The van der Waals surface area contributed by atoms with Gasteiger partial charge in [-0.25, -0.2) is 0 Å². The third kappa shape index (κ3) is 4.89. The Morgan fingerprint density at radius 3 is 2.26 bits per heavy atom. The van der Waals surface area contributed by atoms with Crippen molar-refractivity contribution in [1.29, 1.82) is 0 Å². The normalized spacial score (nSPS) is 11.4. The minimum absolute atomic E-state index is 0.173. The van der Waals surface area contributed by atoms with Crippen LogP contribution in [0.15, 0.2) is 0 Å². The van der Waals surface area contributed by atoms with Crippen molar-refractivity contribution < 1.29 is 4.74 Å². The average Bonchev–Trinajstić information content (AvgIpc) is 2.27. The molecule has 1 aromatic heterocycles. The van der Waals surface area contributed by atoms with Crippen LogP contribution in [0.25, 0.3) is 0 Å². The van der Waals surface area contributed by atoms with Crippen molar-refractivity contribution in [1.82, 2.24) is 15.0 Å². The van der Waals surface area contributed by atoms with Crippen molar-refractivity contribution in [2.24, 2.45) is 17.8 Å². The molecule has 3 N–H and O–H groups in total. The third-order valence-corrected chi connectivity index (χ3v) is 3.11. The van der Waals surface area contributed by atoms with Gasteiger partial charge in [-0.3, -0.25) is 0 Å². The smallest absolute Gasteiger partial charge is 0.323 e. The monoisotopic (exact) mass is 267 g/mol. The molecule has 0 spiro atoms. The van der Waals surface area contributed by atoms with Gasteiger partial charge in [0, 0.05) is 6.54 Å². The molecule has 0 unspecified atom stereocenters. The van der Waals surface area contributed by atoms with Crippen LogP contribution in [0.1, 0.15) is 34.6 Å². The number of aromatic nitrogens is 3. The van der Waals surface area contributed by atoms with E-state index in [0.29, 0.717) is 30.3 Å². The van der Waals surface area contributed by atoms with E-state index in [-0.39, 0.29) is 12.0 Å². The Balaban J connectivity index is 2.71. The topological polar surface area (TPSA) is 86.0 Å². The van der Waals surface area contributed by atoms with Gasteiger partial charge in [-0.05, 0) is 24.7 Å². The number of anilines is 2. The Morgan fingerprint density at radius 1 is 1.11 bits per heavy atom. The molecule has 1 rings (SSSR count). The summed E-state index contributed by atoms with van der Waals surface area (Å²) in [4.78, 5) is 12.2. The van der Waals surface area contributed by atoms with E-state index >= 15 is 0 Å². The fraction of sp³-hybridized carbons (Fsp3) is 0.769. The van der Waals surface area contributed by atoms with Gasteiger partial charge in [-0.1, -0.05) is 27.7 Å². The zero-order valence-electron chi connectivity index (χ0n) is 12.5. The number of rotatable bonds is 7. The lowest BCUT2D eigenvalue weighted by Crippen LogP contribution is -2.25. The molecule has 0 fully saturated rings. The molecule has 0 saturated heterocycles. The van der Waals surface area contributed by atoms with E-state index in [1.54, 1.807) is 0 Å². The highest BCUT2D eigenvalue weighted by atomic mass is 16.5. The second-order valence-corrected chi connectivity index (χ2v) is 5.27. The highest BCUT2D eigenvalue weighted by Gasteiger charge is 2.17. The summed E-state index contributed by atoms with van der Waals surface area (Å²) >= 11 is 0. The molecule has 0 atom stereocenters. The van der Waals surface area contributed by atoms with E-state index in [2.05, 4.69) is 48.0 Å². The highest BCUT2D eigenvalue weighted by molar-refractivity contribution is 5.32. The summed E-state index contributed by atoms with van der Waals surface area (Å²) in [6.07, 6.45) is 0. The zero-order chi connectivity index (χ0) is 14.4. The molecular weight excluding hydrogens is 242 g/mol. The van der Waals surface area contributed by atoms with E-state index in [1.165, 1.54) is 0 Å². The molecule has 0 saturated carbocycles. The minimum atomic E-state index is 0.173. The predicted molar refractivity (Wildman–Crippen MR) is 77.1 cm³/mol. The molecule has 0 amide bonds. The summed E-state index contributed by atoms with van der Waals surface area (Å²) in [5.41, 5.74) is 5.63. The van der Waals surface area contributed by atoms with Crippen molar-refractivity contribution >= 4 is 11.9 Å². The summed E-state index contributed by atoms with van der Waals surface area (Å²) in [7, 11) is 0. The third-order valence-electron chi connectivity index (χ3n) is 3.11. The number of ether oxygens (including phenoxy) is 1. The number of hydrogen-bond donors (Lipinski definition) is 2. The van der Waals surface area contributed by atoms with Crippen molar-refractivity contribution in [2.75, 3.05) is 24.2 Å². The predicted octanol–water partition coefficient (Wildman–Crippen LogP) is 2.19. The van der Waals surface area contributed by atoms with Gasteiger partial charge in [0.15, 0.2) is 0 Å². The number of nitrogens with zero attached hydrogens (tertiary/aromatic N) is 3. The lowest BCUT2D eigenvalue weighted by molar-refractivity contribution is 0.302. The van der Waals surface area contributed by atoms with Gasteiger partial charge in [0.25, 0.3) is 0 Å². The van der Waals surface area contributed by atoms with Crippen LogP contribution < -0.4 is 15.8 Å². The molecule has 0 aliphatic carbocycles. The number of nitrogens with one attached hydrogen (secondary N) is 1. The quantitative estimate of drug-likeness (QED) is 0.787. The summed E-state index contributed by atoms with van der Waals surface area (Å²) < 4.78 is 5.25. The van der Waals surface area contributed by atoms with Gasteiger partial charge < -0.3 is 15.8 Å². The van der Waals surface area contributed by atoms with E-state index in [1.807, 2.05) is 6.92 Å². The first-order valence-corrected chi connectivity index (χ1v) is 6.82. The summed E-state index contributed by atoms with van der Waals surface area (Å²) in [6, 6.07) is 0.267. The van der Waals surface area contributed by atoms with E-state index < -0.39 is 0 Å². The Morgan fingerprint density at radius 2 is 1.74 bits per heavy atom. The molecule has 108 valence electrons. The average molecular weight is 267 g/mol. The Labute approximate surface area is 115 Å². The molecule has 0 bridgehead atoms. The van der Waals surface area contributed by atoms with E-state index in [4.69, 9.17) is 10.5 Å². The van der Waals surface area contributed by atoms with Gasteiger partial charge in [0.1, 0.15) is 0 Å². The summed E-state index contributed by atoms with van der Waals surface area (Å²) in [6.45, 7) is 12.1. The van der Waals surface area contributed by atoms with Crippen molar-refractivity contribution in [3.8, 4) is 6.01 Å². The maximum absolute atomic E-state index is 5.63. The molecule has 0 aromatic carbocycles. The van der Waals surface area contributed by atoms with Crippen molar-refractivity contribution in [2.45, 2.75) is 34.6 Å². The molecule has 0 radical (unpaired) electrons. The SMILES string of the molecule is CCOc1nc(N)nc(NCC(C(C)C)C(C)C)n1. The molecular formula is C13H25N5O. The first-order chi connectivity index (χ1) is 8.93. The fourth-order valence-electron chi connectivity index (χ4n) is 2.10. The molecule has 1 aromatic rings. The van der Waals surface area contributed by atoms with Crippen molar-refractivity contribution in [3.63, 3.8) is 0 Å². The number of nitrogens with two attached hydrogens (primary N) is 1. The van der Waals surface area contributed by atoms with E-state index in [0.717, 1.165) is 6.54 Å². The lowest BCUT2D eigenvalue weighted by Gasteiger charge is -2.25. The highest BCUT2D eigenvalue weighted by Crippen LogP contribution is 2.21. The van der Waals surface area contributed by atoms with Gasteiger partial charge in [0.05, 0.1) is 6.61 Å². The molecule has 6 heteroatoms. The maximum atomic E-state index is 5.63. The van der Waals surface area contributed by atoms with Crippen LogP contribution in [0.5, 0.6) is 6.01 Å². The second kappa shape index (κ2) is 7.11. The zero-order valence-corrected chi connectivity index (χ0v) is 12.5. The van der Waals surface area contributed by atoms with Crippen molar-refractivity contribution in [3.05, 3.63) is 0 Å². The molecule has 19 heavy (non-hydrogen) atoms. The molecule has 1 heterocycles. The summed E-state index contributed by atoms with van der Waals surface area (Å²) in [5.74, 6) is 2.39.